The zero-order chi connectivity index (χ0) is 25.9. The molecule has 0 saturated carbocycles. The van der Waals surface area contributed by atoms with Crippen LogP contribution in [0, 0.1) is 11.6 Å². The van der Waals surface area contributed by atoms with Crippen molar-refractivity contribution in [1.29, 1.82) is 0 Å². The van der Waals surface area contributed by atoms with Gasteiger partial charge in [0.2, 0.25) is 0 Å². The van der Waals surface area contributed by atoms with Gasteiger partial charge in [-0.1, -0.05) is 18.2 Å². The Morgan fingerprint density at radius 2 is 1.94 bits per heavy atom. The molecule has 1 heterocycles. The van der Waals surface area contributed by atoms with Crippen molar-refractivity contribution in [2.45, 2.75) is 33.6 Å². The summed E-state index contributed by atoms with van der Waals surface area (Å²) in [6.45, 7) is 8.14. The Morgan fingerprint density at radius 1 is 1.23 bits per heavy atom. The van der Waals surface area contributed by atoms with Gasteiger partial charge >= 0.3 is 0 Å². The van der Waals surface area contributed by atoms with Crippen LogP contribution in [0.2, 0.25) is 0 Å². The van der Waals surface area contributed by atoms with Gasteiger partial charge in [-0.3, -0.25) is 14.5 Å². The van der Waals surface area contributed by atoms with Gasteiger partial charge in [0.1, 0.15) is 11.6 Å². The highest BCUT2D eigenvalue weighted by molar-refractivity contribution is 7.96. The van der Waals surface area contributed by atoms with Crippen LogP contribution in [0.5, 0.6) is 0 Å². The van der Waals surface area contributed by atoms with E-state index < -0.39 is 38.7 Å². The maximum Gasteiger partial charge on any atom is 0.262 e. The number of carbonyl (C=O) groups excluding carboxylic acids is 1. The van der Waals surface area contributed by atoms with Crippen molar-refractivity contribution in [1.82, 2.24) is 4.90 Å². The van der Waals surface area contributed by atoms with E-state index in [1.54, 1.807) is 19.9 Å². The van der Waals surface area contributed by atoms with E-state index in [1.165, 1.54) is 30.4 Å². The lowest BCUT2D eigenvalue weighted by atomic mass is 10.1. The summed E-state index contributed by atoms with van der Waals surface area (Å²) in [6, 6.07) is 1.84. The highest BCUT2D eigenvalue weighted by Gasteiger charge is 2.26. The van der Waals surface area contributed by atoms with Crippen LogP contribution in [0.1, 0.15) is 39.2 Å². The van der Waals surface area contributed by atoms with Crippen LogP contribution >= 0.6 is 0 Å². The number of allylic oxidation sites excluding steroid dienone is 7. The van der Waals surface area contributed by atoms with E-state index in [1.807, 2.05) is 0 Å². The van der Waals surface area contributed by atoms with Crippen LogP contribution in [-0.4, -0.2) is 25.3 Å². The van der Waals surface area contributed by atoms with E-state index in [4.69, 9.17) is 0 Å². The molecule has 0 spiro atoms. The smallest absolute Gasteiger partial charge is 0.262 e. The lowest BCUT2D eigenvalue weighted by molar-refractivity contribution is -0.113. The van der Waals surface area contributed by atoms with Crippen LogP contribution < -0.4 is 4.72 Å². The normalized spacial score (nSPS) is 21.5. The summed E-state index contributed by atoms with van der Waals surface area (Å²) in [5.41, 5.74) is -0.135. The summed E-state index contributed by atoms with van der Waals surface area (Å²) in [4.78, 5) is 16.9. The molecular formula is C25H24F3N3O3S. The summed E-state index contributed by atoms with van der Waals surface area (Å²) < 4.78 is 72.3. The summed E-state index contributed by atoms with van der Waals surface area (Å²) in [6.07, 6.45) is 8.30. The standard InChI is InChI=1S/C25H24F3N3O3S/c1-5-31-14-21(29-13-22(31)16(3)17(4)32)24-19(27)10-11-20(25(24)28)30-35(33,34)23-12-18(26)9-7-6-8-15(23)2/h5,7,9-14,30H,1,6,8H2,2-4H3/b9-7?,18-12+,22-16+,23-15+. The Hall–Kier alpha value is -3.66. The van der Waals surface area contributed by atoms with Crippen molar-refractivity contribution in [2.75, 3.05) is 4.72 Å². The van der Waals surface area contributed by atoms with Crippen LogP contribution in [0.4, 0.5) is 18.9 Å². The van der Waals surface area contributed by atoms with E-state index in [9.17, 15) is 22.0 Å². The Kier molecular flexibility index (Phi) is 7.64. The number of anilines is 1. The predicted molar refractivity (Wildman–Crippen MR) is 131 cm³/mol. The zero-order valence-corrected chi connectivity index (χ0v) is 20.2. The molecule has 1 N–H and O–H groups in total. The second kappa shape index (κ2) is 10.3. The average molecular weight is 504 g/mol. The quantitative estimate of drug-likeness (QED) is 0.492. The first kappa shape index (κ1) is 26.0. The number of ketones is 1. The highest BCUT2D eigenvalue weighted by atomic mass is 32.2. The van der Waals surface area contributed by atoms with Crippen LogP contribution in [0.3, 0.4) is 0 Å². The molecule has 1 aromatic carbocycles. The van der Waals surface area contributed by atoms with Gasteiger partial charge in [-0.15, -0.1) is 0 Å². The Bertz CT molecular complexity index is 1380. The number of nitrogens with zero attached hydrogens (tertiary/aromatic N) is 2. The summed E-state index contributed by atoms with van der Waals surface area (Å²) in [5.74, 6) is -3.17. The first-order valence-electron chi connectivity index (χ1n) is 10.6. The fourth-order valence-corrected chi connectivity index (χ4v) is 4.86. The number of sulfonamides is 1. The van der Waals surface area contributed by atoms with Crippen molar-refractivity contribution in [3.05, 3.63) is 94.1 Å². The number of carbonyl (C=O) groups is 1. The molecule has 10 heteroatoms. The molecule has 6 nitrogen and oxygen atoms in total. The first-order valence-corrected chi connectivity index (χ1v) is 12.1. The molecule has 2 aliphatic rings. The lowest BCUT2D eigenvalue weighted by Gasteiger charge is -2.23. The minimum absolute atomic E-state index is 0.154. The van der Waals surface area contributed by atoms with E-state index in [2.05, 4.69) is 16.3 Å². The summed E-state index contributed by atoms with van der Waals surface area (Å²) in [5, 5.41) is 0. The van der Waals surface area contributed by atoms with Gasteiger partial charge < -0.3 is 4.90 Å². The third kappa shape index (κ3) is 5.54. The third-order valence-corrected chi connectivity index (χ3v) is 7.04. The molecule has 0 aromatic heterocycles. The molecular weight excluding hydrogens is 479 g/mol. The van der Waals surface area contributed by atoms with Gasteiger partial charge in [0.25, 0.3) is 10.0 Å². The second-order valence-electron chi connectivity index (χ2n) is 7.93. The van der Waals surface area contributed by atoms with Crippen LogP contribution in [0.25, 0.3) is 5.70 Å². The summed E-state index contributed by atoms with van der Waals surface area (Å²) >= 11 is 0. The number of nitrogens with one attached hydrogen (secondary N) is 1. The van der Waals surface area contributed by atoms with E-state index in [0.717, 1.165) is 24.3 Å². The topological polar surface area (TPSA) is 78.8 Å². The molecule has 0 unspecified atom stereocenters. The Labute approximate surface area is 202 Å². The molecule has 1 aliphatic carbocycles. The molecule has 35 heavy (non-hydrogen) atoms. The predicted octanol–water partition coefficient (Wildman–Crippen LogP) is 5.88. The van der Waals surface area contributed by atoms with Crippen molar-refractivity contribution < 1.29 is 26.4 Å². The number of rotatable bonds is 6. The van der Waals surface area contributed by atoms with Gasteiger partial charge in [0, 0.05) is 18.0 Å². The van der Waals surface area contributed by atoms with Gasteiger partial charge in [-0.2, -0.15) is 0 Å². The minimum Gasteiger partial charge on any atom is -0.320 e. The molecule has 0 atom stereocenters. The zero-order valence-electron chi connectivity index (χ0n) is 19.4. The number of aliphatic imine (C=N–C) groups is 1. The van der Waals surface area contributed by atoms with Crippen LogP contribution in [-0.2, 0) is 14.8 Å². The molecule has 1 aromatic rings. The number of benzene rings is 1. The molecule has 0 amide bonds. The largest absolute Gasteiger partial charge is 0.320 e. The third-order valence-electron chi connectivity index (χ3n) is 5.51. The summed E-state index contributed by atoms with van der Waals surface area (Å²) in [7, 11) is -4.40. The molecule has 0 radical (unpaired) electrons. The van der Waals surface area contributed by atoms with Crippen molar-refractivity contribution in [3.63, 3.8) is 0 Å². The fraction of sp³-hybridized carbons (Fsp3) is 0.200. The van der Waals surface area contributed by atoms with E-state index >= 15 is 4.39 Å². The van der Waals surface area contributed by atoms with Crippen molar-refractivity contribution in [2.24, 2.45) is 4.99 Å². The number of halogens is 3. The van der Waals surface area contributed by atoms with E-state index in [-0.39, 0.29) is 16.4 Å². The van der Waals surface area contributed by atoms with Gasteiger partial charge in [-0.25, -0.2) is 21.6 Å². The highest BCUT2D eigenvalue weighted by Crippen LogP contribution is 2.33. The van der Waals surface area contributed by atoms with Gasteiger partial charge in [0.05, 0.1) is 33.8 Å². The number of Topliss-reactive ketones (excluding diaryl/α,β-unsaturated/α-hetero) is 1. The molecule has 3 rings (SSSR count). The Morgan fingerprint density at radius 3 is 2.60 bits per heavy atom. The molecule has 0 bridgehead atoms. The maximum atomic E-state index is 15.4. The first-order chi connectivity index (χ1) is 16.5. The fourth-order valence-electron chi connectivity index (χ4n) is 3.47. The van der Waals surface area contributed by atoms with Gasteiger partial charge in [0.15, 0.2) is 11.6 Å². The minimum atomic E-state index is -4.40. The SMILES string of the molecule is C=CN1C=C(c2c(F)ccc(NS(=O)(=O)C3=C(\C)CCC=C/C(F)=C\3)c2F)N=C/C1=C(/C)C(C)=O. The van der Waals surface area contributed by atoms with Crippen molar-refractivity contribution >= 4 is 33.4 Å². The molecule has 0 fully saturated rings. The molecule has 184 valence electrons. The number of hydrogen-bond acceptors (Lipinski definition) is 5. The molecule has 1 aliphatic heterocycles. The number of hydrogen-bond donors (Lipinski definition) is 1. The average Bonchev–Trinajstić information content (AvgIpc) is 2.80. The monoisotopic (exact) mass is 503 g/mol. The van der Waals surface area contributed by atoms with E-state index in [0.29, 0.717) is 29.7 Å². The van der Waals surface area contributed by atoms with Crippen LogP contribution in [0.15, 0.2) is 81.9 Å². The van der Waals surface area contributed by atoms with Crippen molar-refractivity contribution in [3.8, 4) is 0 Å². The maximum absolute atomic E-state index is 15.4. The van der Waals surface area contributed by atoms with Gasteiger partial charge in [-0.05, 0) is 57.9 Å². The molecule has 0 saturated heterocycles. The Balaban J connectivity index is 2.06. The second-order valence-corrected chi connectivity index (χ2v) is 9.58. The lowest BCUT2D eigenvalue weighted by Crippen LogP contribution is -2.19.